The standard InChI is InChI=1S/C67H119N2O7P/c1-7-10-13-16-19-22-25-28-30-31-32-33-34-35-36-37-39-41-44-47-50-53-56-59-66(70)68-64(63-75-77(72,73)74-62-61-69(4,5)6)65(58-55-52-49-46-43-40-27-24-21-18-15-12-9-3)76-67(71)60-57-54-51-48-45-42-38-29-26-23-20-17-14-11-8-2/h11,14,17,19-20,22-23,26,28,30,32-33,35-36,55,58,64-65H,7-10,12-13,15-16,18,21,24-25,27,29,31,34,37-54,56-57,59-63H2,1-6H3,(H-,68,70,72,73)/p+1/b14-11+,20-17+,22-19-,26-23+,30-28-,33-32-,36-35-,58-55-. The minimum atomic E-state index is -4.46. The Kier molecular flexibility index (Phi) is 54.0. The predicted molar refractivity (Wildman–Crippen MR) is 332 cm³/mol. The van der Waals surface area contributed by atoms with Crippen LogP contribution in [0.2, 0.25) is 0 Å². The van der Waals surface area contributed by atoms with E-state index in [1.807, 2.05) is 33.3 Å². The van der Waals surface area contributed by atoms with Crippen LogP contribution in [0, 0.1) is 0 Å². The lowest BCUT2D eigenvalue weighted by Crippen LogP contribution is -2.47. The van der Waals surface area contributed by atoms with Crippen LogP contribution in [0.15, 0.2) is 97.2 Å². The first-order valence-corrected chi connectivity index (χ1v) is 33.1. The fourth-order valence-electron chi connectivity index (χ4n) is 8.69. The van der Waals surface area contributed by atoms with Crippen LogP contribution in [0.1, 0.15) is 265 Å². The molecule has 2 N–H and O–H groups in total. The van der Waals surface area contributed by atoms with E-state index in [1.54, 1.807) is 0 Å². The summed E-state index contributed by atoms with van der Waals surface area (Å²) in [4.78, 5) is 37.7. The number of nitrogens with one attached hydrogen (secondary N) is 1. The molecule has 0 fully saturated rings. The second kappa shape index (κ2) is 56.2. The monoisotopic (exact) mass is 1100 g/mol. The molecule has 3 atom stereocenters. The van der Waals surface area contributed by atoms with Gasteiger partial charge in [0, 0.05) is 12.8 Å². The summed E-state index contributed by atoms with van der Waals surface area (Å²) in [6.07, 6.45) is 75.4. The summed E-state index contributed by atoms with van der Waals surface area (Å²) >= 11 is 0. The number of nitrogens with zero attached hydrogens (tertiary/aromatic N) is 1. The van der Waals surface area contributed by atoms with Gasteiger partial charge in [0.15, 0.2) is 0 Å². The van der Waals surface area contributed by atoms with Gasteiger partial charge in [0.05, 0.1) is 33.8 Å². The van der Waals surface area contributed by atoms with Crippen molar-refractivity contribution in [3.63, 3.8) is 0 Å². The first-order valence-electron chi connectivity index (χ1n) is 31.6. The van der Waals surface area contributed by atoms with Crippen molar-refractivity contribution in [1.82, 2.24) is 5.32 Å². The van der Waals surface area contributed by atoms with Gasteiger partial charge in [-0.15, -0.1) is 0 Å². The van der Waals surface area contributed by atoms with E-state index in [-0.39, 0.29) is 31.5 Å². The van der Waals surface area contributed by atoms with Crippen molar-refractivity contribution in [2.24, 2.45) is 0 Å². The Bertz CT molecular complexity index is 1640. The number of quaternary nitrogens is 1. The molecule has 77 heavy (non-hydrogen) atoms. The smallest absolute Gasteiger partial charge is 0.456 e. The van der Waals surface area contributed by atoms with Crippen LogP contribution in [-0.4, -0.2) is 74.3 Å². The van der Waals surface area contributed by atoms with Crippen molar-refractivity contribution in [1.29, 1.82) is 0 Å². The summed E-state index contributed by atoms with van der Waals surface area (Å²) in [7, 11) is 1.47. The molecule has 9 nitrogen and oxygen atoms in total. The molecule has 0 aromatic rings. The van der Waals surface area contributed by atoms with E-state index in [1.165, 1.54) is 122 Å². The molecule has 0 saturated heterocycles. The number of allylic oxidation sites excluding steroid dienone is 15. The summed E-state index contributed by atoms with van der Waals surface area (Å²) in [6.45, 7) is 6.84. The number of ether oxygens (including phenoxy) is 1. The third kappa shape index (κ3) is 57.4. The Hall–Kier alpha value is -3.07. The summed E-state index contributed by atoms with van der Waals surface area (Å²) in [5.41, 5.74) is 0. The molecule has 3 unspecified atom stereocenters. The number of unbranched alkanes of at least 4 members (excludes halogenated alkanes) is 28. The van der Waals surface area contributed by atoms with E-state index < -0.39 is 20.0 Å². The molecule has 0 radical (unpaired) electrons. The van der Waals surface area contributed by atoms with Crippen molar-refractivity contribution < 1.29 is 37.3 Å². The zero-order chi connectivity index (χ0) is 56.4. The largest absolute Gasteiger partial charge is 0.472 e. The summed E-state index contributed by atoms with van der Waals surface area (Å²) in [5, 5.41) is 3.05. The Balaban J connectivity index is 5.27. The molecule has 0 saturated carbocycles. The van der Waals surface area contributed by atoms with E-state index in [9.17, 15) is 19.0 Å². The second-order valence-electron chi connectivity index (χ2n) is 22.3. The van der Waals surface area contributed by atoms with Crippen molar-refractivity contribution >= 4 is 19.7 Å². The Labute approximate surface area is 475 Å². The second-order valence-corrected chi connectivity index (χ2v) is 23.7. The number of amides is 1. The number of phosphoric ester groups is 1. The van der Waals surface area contributed by atoms with Crippen molar-refractivity contribution in [2.75, 3.05) is 40.9 Å². The normalized spacial score (nSPS) is 14.3. The van der Waals surface area contributed by atoms with E-state index in [2.05, 4.69) is 111 Å². The summed E-state index contributed by atoms with van der Waals surface area (Å²) in [5.74, 6) is -0.533. The highest BCUT2D eigenvalue weighted by atomic mass is 31.2. The molecule has 0 aliphatic carbocycles. The first-order chi connectivity index (χ1) is 37.4. The zero-order valence-electron chi connectivity index (χ0n) is 50.7. The highest BCUT2D eigenvalue weighted by Crippen LogP contribution is 2.43. The van der Waals surface area contributed by atoms with Crippen LogP contribution < -0.4 is 5.32 Å². The molecule has 0 aliphatic rings. The molecule has 0 heterocycles. The van der Waals surface area contributed by atoms with Crippen LogP contribution in [0.5, 0.6) is 0 Å². The van der Waals surface area contributed by atoms with Crippen LogP contribution in [0.4, 0.5) is 0 Å². The lowest BCUT2D eigenvalue weighted by Gasteiger charge is -2.27. The van der Waals surface area contributed by atoms with Crippen molar-refractivity contribution in [2.45, 2.75) is 277 Å². The van der Waals surface area contributed by atoms with E-state index in [4.69, 9.17) is 13.8 Å². The van der Waals surface area contributed by atoms with E-state index in [0.29, 0.717) is 17.4 Å². The molecule has 0 spiro atoms. The van der Waals surface area contributed by atoms with Gasteiger partial charge in [-0.2, -0.15) is 0 Å². The van der Waals surface area contributed by atoms with Crippen LogP contribution in [0.3, 0.4) is 0 Å². The molecule has 0 aliphatic heterocycles. The van der Waals surface area contributed by atoms with Crippen LogP contribution >= 0.6 is 7.82 Å². The molecule has 0 aromatic heterocycles. The number of rotatable bonds is 56. The number of hydrogen-bond donors (Lipinski definition) is 2. The summed E-state index contributed by atoms with van der Waals surface area (Å²) in [6, 6.07) is -0.865. The van der Waals surface area contributed by atoms with Crippen molar-refractivity contribution in [3.05, 3.63) is 97.2 Å². The number of phosphoric acid groups is 1. The average molecular weight is 1100 g/mol. The van der Waals surface area contributed by atoms with Crippen LogP contribution in [0.25, 0.3) is 0 Å². The summed E-state index contributed by atoms with van der Waals surface area (Å²) < 4.78 is 30.7. The number of carbonyl (C=O) groups excluding carboxylic acids is 2. The van der Waals surface area contributed by atoms with Gasteiger partial charge in [0.25, 0.3) is 0 Å². The van der Waals surface area contributed by atoms with Crippen LogP contribution in [-0.2, 0) is 27.9 Å². The highest BCUT2D eigenvalue weighted by Gasteiger charge is 2.30. The van der Waals surface area contributed by atoms with E-state index >= 15 is 0 Å². The third-order valence-electron chi connectivity index (χ3n) is 13.6. The maximum atomic E-state index is 13.6. The van der Waals surface area contributed by atoms with Gasteiger partial charge in [0.2, 0.25) is 5.91 Å². The fraction of sp³-hybridized carbons (Fsp3) is 0.731. The molecule has 444 valence electrons. The lowest BCUT2D eigenvalue weighted by atomic mass is 10.0. The quantitative estimate of drug-likeness (QED) is 0.0156. The maximum Gasteiger partial charge on any atom is 0.472 e. The number of esters is 1. The average Bonchev–Trinajstić information content (AvgIpc) is 3.39. The number of carbonyl (C=O) groups is 2. The molecule has 0 bridgehead atoms. The van der Waals surface area contributed by atoms with Gasteiger partial charge in [-0.25, -0.2) is 4.57 Å². The molecular weight excluding hydrogens is 976 g/mol. The van der Waals surface area contributed by atoms with Gasteiger partial charge in [-0.05, 0) is 96.0 Å². The van der Waals surface area contributed by atoms with Gasteiger partial charge < -0.3 is 19.4 Å². The predicted octanol–water partition coefficient (Wildman–Crippen LogP) is 19.6. The molecule has 1 amide bonds. The minimum Gasteiger partial charge on any atom is -0.456 e. The highest BCUT2D eigenvalue weighted by molar-refractivity contribution is 7.47. The van der Waals surface area contributed by atoms with Gasteiger partial charge >= 0.3 is 13.8 Å². The maximum absolute atomic E-state index is 13.6. The van der Waals surface area contributed by atoms with Gasteiger partial charge in [-0.1, -0.05) is 253 Å². The van der Waals surface area contributed by atoms with Crippen molar-refractivity contribution in [3.8, 4) is 0 Å². The Morgan fingerprint density at radius 2 is 0.883 bits per heavy atom. The Morgan fingerprint density at radius 1 is 0.481 bits per heavy atom. The van der Waals surface area contributed by atoms with E-state index in [0.717, 1.165) is 109 Å². The molecule has 0 aromatic carbocycles. The Morgan fingerprint density at radius 3 is 1.38 bits per heavy atom. The topological polar surface area (TPSA) is 111 Å². The molecule has 0 rings (SSSR count). The minimum absolute atomic E-state index is 0.0313. The SMILES string of the molecule is CC/C=C/C=C/C=C/CCCCCCCCCC(=O)OC(/C=C\CCCCCCCCCCCCC)C(COP(=O)(O)OCC[N+](C)(C)C)NC(=O)CCCCCCCCC/C=C\C/C=C\C/C=C\C/C=C\CCCCC. The number of likely N-dealkylation sites (N-methyl/N-ethyl adjacent to an activating group) is 1. The lowest BCUT2D eigenvalue weighted by molar-refractivity contribution is -0.870. The number of hydrogen-bond acceptors (Lipinski definition) is 6. The fourth-order valence-corrected chi connectivity index (χ4v) is 9.42. The van der Waals surface area contributed by atoms with Gasteiger partial charge in [0.1, 0.15) is 19.3 Å². The third-order valence-corrected chi connectivity index (χ3v) is 14.6. The molecular formula is C67H120N2O7P+. The first kappa shape index (κ1) is 73.9. The zero-order valence-corrected chi connectivity index (χ0v) is 51.6. The van der Waals surface area contributed by atoms with Gasteiger partial charge in [-0.3, -0.25) is 18.6 Å². The molecule has 10 heteroatoms.